The second-order valence-electron chi connectivity index (χ2n) is 2.20. The summed E-state index contributed by atoms with van der Waals surface area (Å²) in [6.45, 7) is 1.28. The Morgan fingerprint density at radius 3 is 2.44 bits per heavy atom. The Morgan fingerprint density at radius 1 is 1.56 bits per heavy atom. The van der Waals surface area contributed by atoms with Crippen LogP contribution in [0.4, 0.5) is 0 Å². The van der Waals surface area contributed by atoms with Gasteiger partial charge in [0.05, 0.1) is 5.25 Å². The number of nitrogens with one attached hydrogen (secondary N) is 1. The molecule has 1 aliphatic rings. The Kier molecular flexibility index (Phi) is 1.74. The highest BCUT2D eigenvalue weighted by molar-refractivity contribution is 7.89. The molecule has 1 saturated heterocycles. The first-order chi connectivity index (χ1) is 4.11. The molecule has 54 valence electrons. The van der Waals surface area contributed by atoms with E-state index < -0.39 is 10.0 Å². The molecule has 0 aromatic carbocycles. The molecule has 4 nitrogen and oxygen atoms in total. The first-order valence-corrected chi connectivity index (χ1v) is 4.44. The zero-order valence-electron chi connectivity index (χ0n) is 5.00. The van der Waals surface area contributed by atoms with E-state index in [-0.39, 0.29) is 5.25 Å². The van der Waals surface area contributed by atoms with Crippen molar-refractivity contribution in [2.45, 2.75) is 11.7 Å². The third-order valence-electron chi connectivity index (χ3n) is 1.48. The van der Waals surface area contributed by atoms with Gasteiger partial charge in [-0.25, -0.2) is 13.6 Å². The van der Waals surface area contributed by atoms with E-state index in [1.54, 1.807) is 0 Å². The van der Waals surface area contributed by atoms with Gasteiger partial charge >= 0.3 is 0 Å². The monoisotopic (exact) mass is 150 g/mol. The fraction of sp³-hybridized carbons (Fsp3) is 1.00. The molecular formula is C4H10N2O2S. The molecule has 5 heteroatoms. The number of rotatable bonds is 1. The maximum Gasteiger partial charge on any atom is 0.213 e. The maximum absolute atomic E-state index is 10.6. The zero-order valence-corrected chi connectivity index (χ0v) is 5.82. The second-order valence-corrected chi connectivity index (χ2v) is 4.05. The van der Waals surface area contributed by atoms with Crippen LogP contribution in [-0.2, 0) is 10.0 Å². The van der Waals surface area contributed by atoms with Gasteiger partial charge in [0.1, 0.15) is 0 Å². The van der Waals surface area contributed by atoms with E-state index in [0.717, 1.165) is 6.54 Å². The van der Waals surface area contributed by atoms with Gasteiger partial charge in [-0.05, 0) is 13.0 Å². The van der Waals surface area contributed by atoms with Crippen molar-refractivity contribution in [1.29, 1.82) is 0 Å². The minimum Gasteiger partial charge on any atom is -0.315 e. The van der Waals surface area contributed by atoms with Gasteiger partial charge in [0.2, 0.25) is 10.0 Å². The summed E-state index contributed by atoms with van der Waals surface area (Å²) < 4.78 is 21.1. The van der Waals surface area contributed by atoms with Gasteiger partial charge in [0.25, 0.3) is 0 Å². The van der Waals surface area contributed by atoms with Gasteiger partial charge in [0, 0.05) is 6.54 Å². The van der Waals surface area contributed by atoms with Crippen LogP contribution in [0.3, 0.4) is 0 Å². The maximum atomic E-state index is 10.6. The highest BCUT2D eigenvalue weighted by Gasteiger charge is 2.24. The lowest BCUT2D eigenvalue weighted by Crippen LogP contribution is -2.30. The second kappa shape index (κ2) is 2.24. The molecule has 0 radical (unpaired) electrons. The Hall–Kier alpha value is -0.130. The summed E-state index contributed by atoms with van der Waals surface area (Å²) in [6.07, 6.45) is 0.652. The molecule has 1 aliphatic heterocycles. The lowest BCUT2D eigenvalue weighted by Gasteiger charge is -2.01. The van der Waals surface area contributed by atoms with Crippen molar-refractivity contribution in [3.63, 3.8) is 0 Å². The van der Waals surface area contributed by atoms with E-state index in [9.17, 15) is 8.42 Å². The normalized spacial score (nSPS) is 28.8. The average Bonchev–Trinajstić information content (AvgIpc) is 2.08. The van der Waals surface area contributed by atoms with Crippen LogP contribution < -0.4 is 10.5 Å². The van der Waals surface area contributed by atoms with Gasteiger partial charge in [-0.1, -0.05) is 0 Å². The molecule has 3 N–H and O–H groups in total. The quantitative estimate of drug-likeness (QED) is 0.485. The van der Waals surface area contributed by atoms with Crippen LogP contribution in [0.5, 0.6) is 0 Å². The summed E-state index contributed by atoms with van der Waals surface area (Å²) in [5.41, 5.74) is 0. The third-order valence-corrected chi connectivity index (χ3v) is 2.81. The van der Waals surface area contributed by atoms with E-state index in [0.29, 0.717) is 13.0 Å². The van der Waals surface area contributed by atoms with Crippen LogP contribution in [0.2, 0.25) is 0 Å². The fourth-order valence-electron chi connectivity index (χ4n) is 0.909. The number of primary sulfonamides is 1. The van der Waals surface area contributed by atoms with Gasteiger partial charge < -0.3 is 5.32 Å². The van der Waals surface area contributed by atoms with Crippen molar-refractivity contribution in [2.24, 2.45) is 5.14 Å². The van der Waals surface area contributed by atoms with Crippen LogP contribution in [-0.4, -0.2) is 26.8 Å². The summed E-state index contributed by atoms with van der Waals surface area (Å²) in [4.78, 5) is 0. The molecule has 0 aromatic rings. The van der Waals surface area contributed by atoms with Crippen LogP contribution in [0, 0.1) is 0 Å². The van der Waals surface area contributed by atoms with E-state index in [2.05, 4.69) is 5.32 Å². The van der Waals surface area contributed by atoms with Crippen molar-refractivity contribution in [3.8, 4) is 0 Å². The van der Waals surface area contributed by atoms with Crippen molar-refractivity contribution in [2.75, 3.05) is 13.1 Å². The molecule has 1 rings (SSSR count). The first-order valence-electron chi connectivity index (χ1n) is 2.83. The van der Waals surface area contributed by atoms with E-state index in [4.69, 9.17) is 5.14 Å². The van der Waals surface area contributed by atoms with E-state index in [1.165, 1.54) is 0 Å². The third kappa shape index (κ3) is 1.64. The average molecular weight is 150 g/mol. The molecule has 0 bridgehead atoms. The molecule has 0 amide bonds. The molecule has 0 saturated carbocycles. The number of sulfonamides is 1. The smallest absolute Gasteiger partial charge is 0.213 e. The SMILES string of the molecule is NS(=O)(=O)[C@H]1CCNC1. The first kappa shape index (κ1) is 6.98. The summed E-state index contributed by atoms with van der Waals surface area (Å²) >= 11 is 0. The molecule has 0 aromatic heterocycles. The van der Waals surface area contributed by atoms with Crippen molar-refractivity contribution in [3.05, 3.63) is 0 Å². The minimum atomic E-state index is -3.27. The molecule has 0 spiro atoms. The lowest BCUT2D eigenvalue weighted by atomic mass is 10.4. The molecule has 0 unspecified atom stereocenters. The van der Waals surface area contributed by atoms with Crippen LogP contribution in [0.15, 0.2) is 0 Å². The Labute approximate surface area is 54.5 Å². The largest absolute Gasteiger partial charge is 0.315 e. The zero-order chi connectivity index (χ0) is 6.91. The highest BCUT2D eigenvalue weighted by atomic mass is 32.2. The fourth-order valence-corrected chi connectivity index (χ4v) is 1.71. The van der Waals surface area contributed by atoms with Gasteiger partial charge in [-0.3, -0.25) is 0 Å². The summed E-state index contributed by atoms with van der Waals surface area (Å²) in [6, 6.07) is 0. The molecule has 1 fully saturated rings. The van der Waals surface area contributed by atoms with Gasteiger partial charge in [-0.15, -0.1) is 0 Å². The van der Waals surface area contributed by atoms with Crippen LogP contribution >= 0.6 is 0 Å². The minimum absolute atomic E-state index is 0.350. The topological polar surface area (TPSA) is 72.2 Å². The Bertz CT molecular complexity index is 181. The van der Waals surface area contributed by atoms with Crippen LogP contribution in [0.1, 0.15) is 6.42 Å². The molecular weight excluding hydrogens is 140 g/mol. The molecule has 1 atom stereocenters. The summed E-state index contributed by atoms with van der Waals surface area (Å²) in [7, 11) is -3.27. The summed E-state index contributed by atoms with van der Waals surface area (Å²) in [5.74, 6) is 0. The molecule has 9 heavy (non-hydrogen) atoms. The number of hydrogen-bond donors (Lipinski definition) is 2. The number of nitrogens with two attached hydrogens (primary N) is 1. The van der Waals surface area contributed by atoms with Gasteiger partial charge in [-0.2, -0.15) is 0 Å². The lowest BCUT2D eigenvalue weighted by molar-refractivity contribution is 0.584. The predicted molar refractivity (Wildman–Crippen MR) is 34.4 cm³/mol. The molecule has 1 heterocycles. The standard InChI is InChI=1S/C4H10N2O2S/c5-9(7,8)4-1-2-6-3-4/h4,6H,1-3H2,(H2,5,7,8)/t4-/m0/s1. The summed E-state index contributed by atoms with van der Waals surface area (Å²) in [5, 5.41) is 7.44. The van der Waals surface area contributed by atoms with Crippen molar-refractivity contribution >= 4 is 10.0 Å². The highest BCUT2D eigenvalue weighted by Crippen LogP contribution is 2.04. The van der Waals surface area contributed by atoms with Crippen LogP contribution in [0.25, 0.3) is 0 Å². The predicted octanol–water partition coefficient (Wildman–Crippen LogP) is -1.36. The molecule has 0 aliphatic carbocycles. The Morgan fingerprint density at radius 2 is 2.22 bits per heavy atom. The Balaban J connectivity index is 2.63. The van der Waals surface area contributed by atoms with E-state index in [1.807, 2.05) is 0 Å². The van der Waals surface area contributed by atoms with E-state index >= 15 is 0 Å². The van der Waals surface area contributed by atoms with Crippen molar-refractivity contribution in [1.82, 2.24) is 5.32 Å². The van der Waals surface area contributed by atoms with Crippen molar-refractivity contribution < 1.29 is 8.42 Å². The number of hydrogen-bond acceptors (Lipinski definition) is 3. The van der Waals surface area contributed by atoms with Gasteiger partial charge in [0.15, 0.2) is 0 Å².